The molecule has 2 N–H and O–H groups in total. The highest BCUT2D eigenvalue weighted by Gasteiger charge is 2.41. The molecule has 34 heavy (non-hydrogen) atoms. The van der Waals surface area contributed by atoms with Crippen molar-refractivity contribution >= 4 is 23.3 Å². The Morgan fingerprint density at radius 2 is 1.88 bits per heavy atom. The normalized spacial score (nSPS) is 20.9. The van der Waals surface area contributed by atoms with Gasteiger partial charge in [0.2, 0.25) is 0 Å². The maximum Gasteiger partial charge on any atom is 0.336 e. The van der Waals surface area contributed by atoms with Gasteiger partial charge in [-0.1, -0.05) is 24.3 Å². The molecule has 2 aromatic heterocycles. The van der Waals surface area contributed by atoms with Crippen molar-refractivity contribution in [1.82, 2.24) is 20.1 Å². The number of furan rings is 1. The highest BCUT2D eigenvalue weighted by Crippen LogP contribution is 2.40. The molecule has 176 valence electrons. The van der Waals surface area contributed by atoms with Crippen LogP contribution in [0, 0.1) is 0 Å². The third kappa shape index (κ3) is 4.54. The van der Waals surface area contributed by atoms with Crippen LogP contribution in [0.4, 0.5) is 0 Å². The third-order valence-corrected chi connectivity index (χ3v) is 6.65. The molecule has 8 nitrogen and oxygen atoms in total. The van der Waals surface area contributed by atoms with Crippen LogP contribution in [-0.4, -0.2) is 70.4 Å². The van der Waals surface area contributed by atoms with Crippen molar-refractivity contribution in [3.05, 3.63) is 77.8 Å². The Bertz CT molecular complexity index is 1160. The predicted octanol–water partition coefficient (Wildman–Crippen LogP) is 3.34. The van der Waals surface area contributed by atoms with Crippen LogP contribution in [0.25, 0.3) is 11.3 Å². The molecule has 0 spiro atoms. The number of aromatic carboxylic acids is 1. The van der Waals surface area contributed by atoms with E-state index in [1.165, 1.54) is 0 Å². The molecule has 5 rings (SSSR count). The van der Waals surface area contributed by atoms with E-state index in [-0.39, 0.29) is 17.6 Å². The lowest BCUT2D eigenvalue weighted by atomic mass is 10.0. The second-order valence-electron chi connectivity index (χ2n) is 8.33. The number of benzene rings is 1. The third-order valence-electron chi connectivity index (χ3n) is 6.30. The average molecular weight is 479 g/mol. The van der Waals surface area contributed by atoms with Crippen LogP contribution in [0.3, 0.4) is 0 Å². The number of pyridine rings is 1. The van der Waals surface area contributed by atoms with Crippen molar-refractivity contribution in [2.45, 2.75) is 12.1 Å². The predicted molar refractivity (Wildman–Crippen MR) is 131 cm³/mol. The van der Waals surface area contributed by atoms with Crippen molar-refractivity contribution in [1.29, 1.82) is 0 Å². The van der Waals surface area contributed by atoms with E-state index in [4.69, 9.17) is 21.4 Å². The molecule has 9 heteroatoms. The van der Waals surface area contributed by atoms with E-state index in [1.807, 2.05) is 36.4 Å². The molecule has 4 heterocycles. The van der Waals surface area contributed by atoms with Gasteiger partial charge in [0.25, 0.3) is 0 Å². The summed E-state index contributed by atoms with van der Waals surface area (Å²) in [6, 6.07) is 16.0. The van der Waals surface area contributed by atoms with Crippen molar-refractivity contribution in [2.24, 2.45) is 0 Å². The fourth-order valence-electron chi connectivity index (χ4n) is 4.57. The fourth-order valence-corrected chi connectivity index (χ4v) is 4.90. The minimum Gasteiger partial charge on any atom is -0.478 e. The van der Waals surface area contributed by atoms with Gasteiger partial charge >= 0.3 is 5.97 Å². The van der Waals surface area contributed by atoms with Crippen LogP contribution in [0.1, 0.15) is 33.9 Å². The van der Waals surface area contributed by atoms with Crippen LogP contribution < -0.4 is 5.32 Å². The number of carbonyl (C=O) groups is 1. The molecule has 0 amide bonds. The summed E-state index contributed by atoms with van der Waals surface area (Å²) in [6.45, 7) is 4.87. The average Bonchev–Trinajstić information content (AvgIpc) is 3.48. The van der Waals surface area contributed by atoms with Gasteiger partial charge in [-0.05, 0) is 42.5 Å². The number of morpholine rings is 1. The zero-order chi connectivity index (χ0) is 23.5. The molecule has 2 fully saturated rings. The Morgan fingerprint density at radius 1 is 1.09 bits per heavy atom. The molecular weight excluding hydrogens is 452 g/mol. The Hall–Kier alpha value is -3.27. The number of nitrogens with one attached hydrogen (secondary N) is 1. The molecule has 2 unspecified atom stereocenters. The van der Waals surface area contributed by atoms with E-state index in [0.717, 1.165) is 45.1 Å². The minimum atomic E-state index is -0.990. The first-order chi connectivity index (χ1) is 16.6. The number of rotatable bonds is 7. The molecular formula is C25H26N4O4S. The summed E-state index contributed by atoms with van der Waals surface area (Å²) in [5, 5.41) is 13.7. The van der Waals surface area contributed by atoms with Crippen molar-refractivity contribution < 1.29 is 19.1 Å². The lowest BCUT2D eigenvalue weighted by molar-refractivity contribution is 0.0347. The topological polar surface area (TPSA) is 91.1 Å². The van der Waals surface area contributed by atoms with Crippen molar-refractivity contribution in [3.63, 3.8) is 0 Å². The summed E-state index contributed by atoms with van der Waals surface area (Å²) < 4.78 is 11.8. The van der Waals surface area contributed by atoms with E-state index >= 15 is 0 Å². The Balaban J connectivity index is 1.47. The molecule has 0 radical (unpaired) electrons. The first-order valence-electron chi connectivity index (χ1n) is 11.3. The van der Waals surface area contributed by atoms with Gasteiger partial charge in [-0.3, -0.25) is 9.88 Å². The highest BCUT2D eigenvalue weighted by atomic mass is 32.1. The largest absolute Gasteiger partial charge is 0.478 e. The molecule has 2 aliphatic heterocycles. The zero-order valence-corrected chi connectivity index (χ0v) is 19.4. The number of thiocarbonyl (C=S) groups is 1. The van der Waals surface area contributed by atoms with Crippen LogP contribution in [0.15, 0.2) is 65.2 Å². The second-order valence-corrected chi connectivity index (χ2v) is 8.71. The zero-order valence-electron chi connectivity index (χ0n) is 18.6. The van der Waals surface area contributed by atoms with Gasteiger partial charge in [0.05, 0.1) is 30.5 Å². The fraction of sp³-hybridized carbons (Fsp3) is 0.320. The molecule has 2 saturated heterocycles. The molecule has 2 atom stereocenters. The van der Waals surface area contributed by atoms with Gasteiger partial charge < -0.3 is 24.5 Å². The first kappa shape index (κ1) is 22.5. The maximum atomic E-state index is 11.7. The van der Waals surface area contributed by atoms with Crippen molar-refractivity contribution in [3.8, 4) is 11.3 Å². The van der Waals surface area contributed by atoms with Gasteiger partial charge in [-0.2, -0.15) is 0 Å². The second kappa shape index (κ2) is 9.92. The Labute approximate surface area is 203 Å². The van der Waals surface area contributed by atoms with E-state index in [2.05, 4.69) is 20.1 Å². The molecule has 0 aliphatic carbocycles. The Morgan fingerprint density at radius 3 is 2.65 bits per heavy atom. The maximum absolute atomic E-state index is 11.7. The lowest BCUT2D eigenvalue weighted by Crippen LogP contribution is -2.42. The number of nitrogens with zero attached hydrogens (tertiary/aromatic N) is 3. The summed E-state index contributed by atoms with van der Waals surface area (Å²) in [4.78, 5) is 20.8. The van der Waals surface area contributed by atoms with Crippen LogP contribution >= 0.6 is 12.2 Å². The summed E-state index contributed by atoms with van der Waals surface area (Å²) >= 11 is 5.74. The van der Waals surface area contributed by atoms with Gasteiger partial charge in [-0.25, -0.2) is 4.79 Å². The summed E-state index contributed by atoms with van der Waals surface area (Å²) in [5.74, 6) is 0.231. The van der Waals surface area contributed by atoms with Crippen LogP contribution in [0.2, 0.25) is 0 Å². The summed E-state index contributed by atoms with van der Waals surface area (Å²) in [6.07, 6.45) is 1.77. The highest BCUT2D eigenvalue weighted by molar-refractivity contribution is 7.80. The molecule has 1 aromatic carbocycles. The van der Waals surface area contributed by atoms with E-state index in [0.29, 0.717) is 22.2 Å². The lowest BCUT2D eigenvalue weighted by Gasteiger charge is -2.31. The smallest absolute Gasteiger partial charge is 0.336 e. The molecule has 3 aromatic rings. The number of aromatic nitrogens is 1. The summed E-state index contributed by atoms with van der Waals surface area (Å²) in [7, 11) is 0. The number of hydrogen-bond acceptors (Lipinski definition) is 6. The number of carboxylic acid groups (broad SMARTS) is 1. The van der Waals surface area contributed by atoms with Gasteiger partial charge in [0, 0.05) is 37.9 Å². The van der Waals surface area contributed by atoms with Gasteiger partial charge in [-0.15, -0.1) is 0 Å². The number of ether oxygens (including phenoxy) is 1. The Kier molecular flexibility index (Phi) is 6.57. The van der Waals surface area contributed by atoms with Crippen LogP contribution in [0.5, 0.6) is 0 Å². The van der Waals surface area contributed by atoms with Gasteiger partial charge in [0.15, 0.2) is 5.11 Å². The van der Waals surface area contributed by atoms with Crippen molar-refractivity contribution in [2.75, 3.05) is 39.4 Å². The quantitative estimate of drug-likeness (QED) is 0.496. The SMILES string of the molecule is O=C(O)c1ccccc1-c1ccc(C2C(c3ccccn3)NC(=S)N2CCN2CCOCC2)o1. The standard InChI is InChI=1S/C25H26N4O4S/c30-24(31)18-6-2-1-5-17(18)20-8-9-21(33-20)23-22(19-7-3-4-10-26-19)27-25(34)29(23)12-11-28-13-15-32-16-14-28/h1-10,22-23H,11-16H2,(H,27,34)(H,30,31). The number of hydrogen-bond donors (Lipinski definition) is 2. The first-order valence-corrected chi connectivity index (χ1v) is 11.7. The van der Waals surface area contributed by atoms with E-state index in [9.17, 15) is 9.90 Å². The molecule has 0 saturated carbocycles. The van der Waals surface area contributed by atoms with E-state index in [1.54, 1.807) is 24.4 Å². The molecule has 0 bridgehead atoms. The van der Waals surface area contributed by atoms with Gasteiger partial charge in [0.1, 0.15) is 17.6 Å². The summed E-state index contributed by atoms with van der Waals surface area (Å²) in [5.41, 5.74) is 1.62. The molecule has 2 aliphatic rings. The monoisotopic (exact) mass is 478 g/mol. The minimum absolute atomic E-state index is 0.188. The van der Waals surface area contributed by atoms with Crippen LogP contribution in [-0.2, 0) is 4.74 Å². The number of carboxylic acids is 1. The van der Waals surface area contributed by atoms with E-state index < -0.39 is 5.97 Å².